The van der Waals surface area contributed by atoms with Gasteiger partial charge in [-0.2, -0.15) is 0 Å². The van der Waals surface area contributed by atoms with E-state index in [1.165, 1.54) is 30.3 Å². The van der Waals surface area contributed by atoms with E-state index >= 15 is 0 Å². The number of nitro groups is 1. The number of piperazine rings is 1. The van der Waals surface area contributed by atoms with Gasteiger partial charge < -0.3 is 15.1 Å². The number of nitrogens with zero attached hydrogens (tertiary/aromatic N) is 3. The van der Waals surface area contributed by atoms with Gasteiger partial charge >= 0.3 is 0 Å². The van der Waals surface area contributed by atoms with Gasteiger partial charge in [-0.1, -0.05) is 0 Å². The maximum atomic E-state index is 13.1. The molecule has 1 saturated heterocycles. The third kappa shape index (κ3) is 3.43. The predicted molar refractivity (Wildman–Crippen MR) is 104 cm³/mol. The summed E-state index contributed by atoms with van der Waals surface area (Å²) in [5, 5.41) is 14.0. The smallest absolute Gasteiger partial charge is 0.269 e. The van der Waals surface area contributed by atoms with Gasteiger partial charge in [0, 0.05) is 43.1 Å². The van der Waals surface area contributed by atoms with Crippen LogP contribution in [0.1, 0.15) is 5.56 Å². The average molecular weight is 384 g/mol. The molecular formula is C20H21FN4O3. The molecule has 0 radical (unpaired) electrons. The summed E-state index contributed by atoms with van der Waals surface area (Å²) in [7, 11) is 2.03. The lowest BCUT2D eigenvalue weighted by atomic mass is 9.83. The molecule has 28 heavy (non-hydrogen) atoms. The monoisotopic (exact) mass is 384 g/mol. The lowest BCUT2D eigenvalue weighted by Gasteiger charge is -2.48. The number of fused-ring (bicyclic) bond motifs is 3. The van der Waals surface area contributed by atoms with Crippen molar-refractivity contribution in [1.82, 2.24) is 4.90 Å². The maximum Gasteiger partial charge on any atom is 0.269 e. The van der Waals surface area contributed by atoms with Crippen LogP contribution in [0.4, 0.5) is 21.5 Å². The molecule has 0 spiro atoms. The Morgan fingerprint density at radius 3 is 2.68 bits per heavy atom. The van der Waals surface area contributed by atoms with Gasteiger partial charge in [-0.15, -0.1) is 0 Å². The van der Waals surface area contributed by atoms with Crippen LogP contribution in [0.2, 0.25) is 0 Å². The van der Waals surface area contributed by atoms with Crippen molar-refractivity contribution in [3.05, 3.63) is 64.0 Å². The first-order valence-electron chi connectivity index (χ1n) is 9.21. The van der Waals surface area contributed by atoms with E-state index in [9.17, 15) is 19.3 Å². The standard InChI is InChI=1S/C20H21FN4O3/c1-23-8-9-24-18-7-6-16(25(27)28)10-13(18)11-17(19(24)12-23)20(26)22-15-4-2-14(21)3-5-15/h2-7,10,17,19H,8-9,11-12H2,1H3,(H,22,26). The SMILES string of the molecule is CN1CCN2c3ccc([N+](=O)[O-])cc3CC(C(=O)Nc3ccc(F)cc3)C2C1. The van der Waals surface area contributed by atoms with Crippen molar-refractivity contribution in [2.45, 2.75) is 12.5 Å². The van der Waals surface area contributed by atoms with E-state index in [1.807, 2.05) is 7.05 Å². The Morgan fingerprint density at radius 1 is 1.21 bits per heavy atom. The summed E-state index contributed by atoms with van der Waals surface area (Å²) in [6.07, 6.45) is 0.430. The van der Waals surface area contributed by atoms with E-state index in [-0.39, 0.29) is 29.4 Å². The fourth-order valence-electron chi connectivity index (χ4n) is 4.13. The van der Waals surface area contributed by atoms with Crippen LogP contribution >= 0.6 is 0 Å². The number of non-ortho nitro benzene ring substituents is 1. The van der Waals surface area contributed by atoms with E-state index < -0.39 is 4.92 Å². The molecule has 1 fully saturated rings. The molecule has 2 aromatic carbocycles. The van der Waals surface area contributed by atoms with E-state index in [2.05, 4.69) is 15.1 Å². The first-order valence-corrected chi connectivity index (χ1v) is 9.21. The minimum Gasteiger partial charge on any atom is -0.365 e. The number of rotatable bonds is 3. The van der Waals surface area contributed by atoms with Crippen molar-refractivity contribution < 1.29 is 14.1 Å². The number of anilines is 2. The van der Waals surface area contributed by atoms with Gasteiger partial charge in [-0.3, -0.25) is 14.9 Å². The number of nitro benzene ring substituents is 1. The molecule has 0 saturated carbocycles. The van der Waals surface area contributed by atoms with Crippen LogP contribution in [0.5, 0.6) is 0 Å². The summed E-state index contributed by atoms with van der Waals surface area (Å²) in [5.41, 5.74) is 2.35. The molecule has 2 aromatic rings. The average Bonchev–Trinajstić information content (AvgIpc) is 2.68. The Balaban J connectivity index is 1.65. The Kier molecular flexibility index (Phi) is 4.72. The summed E-state index contributed by atoms with van der Waals surface area (Å²) in [6.45, 7) is 2.35. The molecule has 2 atom stereocenters. The van der Waals surface area contributed by atoms with Crippen molar-refractivity contribution in [3.63, 3.8) is 0 Å². The number of halogens is 1. The zero-order valence-corrected chi connectivity index (χ0v) is 15.5. The fourth-order valence-corrected chi connectivity index (χ4v) is 4.13. The molecule has 1 amide bonds. The number of amides is 1. The summed E-state index contributed by atoms with van der Waals surface area (Å²) in [6, 6.07) is 10.5. The molecule has 1 N–H and O–H groups in total. The number of hydrogen-bond acceptors (Lipinski definition) is 5. The summed E-state index contributed by atoms with van der Waals surface area (Å²) in [4.78, 5) is 28.2. The third-order valence-electron chi connectivity index (χ3n) is 5.56. The summed E-state index contributed by atoms with van der Waals surface area (Å²) in [5.74, 6) is -0.881. The zero-order valence-electron chi connectivity index (χ0n) is 15.5. The first-order chi connectivity index (χ1) is 13.4. The third-order valence-corrected chi connectivity index (χ3v) is 5.56. The van der Waals surface area contributed by atoms with Crippen molar-refractivity contribution in [3.8, 4) is 0 Å². The van der Waals surface area contributed by atoms with Crippen LogP contribution in [0.3, 0.4) is 0 Å². The Morgan fingerprint density at radius 2 is 1.96 bits per heavy atom. The van der Waals surface area contributed by atoms with Crippen LogP contribution < -0.4 is 10.2 Å². The van der Waals surface area contributed by atoms with E-state index in [4.69, 9.17) is 0 Å². The maximum absolute atomic E-state index is 13.1. The van der Waals surface area contributed by atoms with Gasteiger partial charge in [0.05, 0.1) is 16.9 Å². The second-order valence-electron chi connectivity index (χ2n) is 7.40. The van der Waals surface area contributed by atoms with Crippen molar-refractivity contribution in [1.29, 1.82) is 0 Å². The van der Waals surface area contributed by atoms with Crippen molar-refractivity contribution in [2.24, 2.45) is 5.92 Å². The molecule has 8 heteroatoms. The van der Waals surface area contributed by atoms with Gasteiger partial charge in [-0.05, 0) is 49.4 Å². The van der Waals surface area contributed by atoms with Gasteiger partial charge in [-0.25, -0.2) is 4.39 Å². The van der Waals surface area contributed by atoms with Crippen LogP contribution in [-0.4, -0.2) is 48.5 Å². The number of hydrogen-bond donors (Lipinski definition) is 1. The molecule has 0 bridgehead atoms. The molecule has 0 aromatic heterocycles. The van der Waals surface area contributed by atoms with Crippen LogP contribution in [0.25, 0.3) is 0 Å². The van der Waals surface area contributed by atoms with Crippen molar-refractivity contribution >= 4 is 23.0 Å². The lowest BCUT2D eigenvalue weighted by Crippen LogP contribution is -2.59. The van der Waals surface area contributed by atoms with Gasteiger partial charge in [0.15, 0.2) is 0 Å². The highest BCUT2D eigenvalue weighted by molar-refractivity contribution is 5.94. The van der Waals surface area contributed by atoms with Crippen LogP contribution in [0, 0.1) is 21.8 Å². The molecule has 2 heterocycles. The first kappa shape index (κ1) is 18.4. The van der Waals surface area contributed by atoms with Crippen molar-refractivity contribution in [2.75, 3.05) is 36.9 Å². The normalized spacial score (nSPS) is 21.6. The van der Waals surface area contributed by atoms with Crippen LogP contribution in [0.15, 0.2) is 42.5 Å². The molecule has 2 aliphatic heterocycles. The molecular weight excluding hydrogens is 363 g/mol. The fraction of sp³-hybridized carbons (Fsp3) is 0.350. The topological polar surface area (TPSA) is 78.7 Å². The van der Waals surface area contributed by atoms with E-state index in [1.54, 1.807) is 12.1 Å². The summed E-state index contributed by atoms with van der Waals surface area (Å²) < 4.78 is 13.1. The highest BCUT2D eigenvalue weighted by Gasteiger charge is 2.41. The minimum atomic E-state index is -0.413. The quantitative estimate of drug-likeness (QED) is 0.650. The minimum absolute atomic E-state index is 0.0202. The number of likely N-dealkylation sites (N-methyl/N-ethyl adjacent to an activating group) is 1. The van der Waals surface area contributed by atoms with Crippen LogP contribution in [-0.2, 0) is 11.2 Å². The van der Waals surface area contributed by atoms with E-state index in [0.29, 0.717) is 12.1 Å². The Hall–Kier alpha value is -3.00. The number of carbonyl (C=O) groups excluding carboxylic acids is 1. The number of carbonyl (C=O) groups is 1. The second-order valence-corrected chi connectivity index (χ2v) is 7.40. The molecule has 4 rings (SSSR count). The molecule has 146 valence electrons. The highest BCUT2D eigenvalue weighted by atomic mass is 19.1. The van der Waals surface area contributed by atoms with Gasteiger partial charge in [0.25, 0.3) is 5.69 Å². The summed E-state index contributed by atoms with van der Waals surface area (Å²) >= 11 is 0. The highest BCUT2D eigenvalue weighted by Crippen LogP contribution is 2.38. The number of benzene rings is 2. The van der Waals surface area contributed by atoms with E-state index in [0.717, 1.165) is 30.9 Å². The number of nitrogens with one attached hydrogen (secondary N) is 1. The molecule has 2 unspecified atom stereocenters. The molecule has 7 nitrogen and oxygen atoms in total. The Labute approximate surface area is 161 Å². The zero-order chi connectivity index (χ0) is 19.8. The lowest BCUT2D eigenvalue weighted by molar-refractivity contribution is -0.384. The predicted octanol–water partition coefficient (Wildman–Crippen LogP) is 2.67. The molecule has 0 aliphatic carbocycles. The Bertz CT molecular complexity index is 918. The second kappa shape index (κ2) is 7.20. The van der Waals surface area contributed by atoms with Gasteiger partial charge in [0.1, 0.15) is 5.82 Å². The van der Waals surface area contributed by atoms with Gasteiger partial charge in [0.2, 0.25) is 5.91 Å². The largest absolute Gasteiger partial charge is 0.365 e. The molecule has 2 aliphatic rings.